The molecule has 1 N–H and O–H groups in total. The highest BCUT2D eigenvalue weighted by Gasteiger charge is 2.16. The van der Waals surface area contributed by atoms with E-state index < -0.39 is 4.92 Å². The van der Waals surface area contributed by atoms with Gasteiger partial charge < -0.3 is 10.1 Å². The average Bonchev–Trinajstić information content (AvgIpc) is 2.27. The summed E-state index contributed by atoms with van der Waals surface area (Å²) in [6, 6.07) is 1.43. The van der Waals surface area contributed by atoms with Gasteiger partial charge in [0, 0.05) is 30.4 Å². The quantitative estimate of drug-likeness (QED) is 0.645. The summed E-state index contributed by atoms with van der Waals surface area (Å²) in [6.07, 6.45) is 1.52. The Hall–Kier alpha value is -1.21. The molecule has 7 heteroatoms. The van der Waals surface area contributed by atoms with Crippen LogP contribution in [0.4, 0.5) is 11.5 Å². The van der Waals surface area contributed by atoms with Gasteiger partial charge in [0.15, 0.2) is 0 Å². The van der Waals surface area contributed by atoms with Crippen molar-refractivity contribution in [1.82, 2.24) is 4.98 Å². The van der Waals surface area contributed by atoms with Gasteiger partial charge in [0.25, 0.3) is 0 Å². The maximum absolute atomic E-state index is 10.8. The zero-order valence-corrected chi connectivity index (χ0v) is 11.2. The van der Waals surface area contributed by atoms with Crippen LogP contribution in [0.5, 0.6) is 0 Å². The van der Waals surface area contributed by atoms with Crippen molar-refractivity contribution < 1.29 is 9.66 Å². The topological polar surface area (TPSA) is 77.3 Å². The maximum atomic E-state index is 10.8. The number of halogens is 1. The number of hydrogen-bond acceptors (Lipinski definition) is 5. The number of anilines is 1. The van der Waals surface area contributed by atoms with Gasteiger partial charge >= 0.3 is 5.69 Å². The van der Waals surface area contributed by atoms with Gasteiger partial charge in [0.05, 0.1) is 11.5 Å². The third-order valence-electron chi connectivity index (χ3n) is 2.10. The Labute approximate surface area is 108 Å². The second-order valence-electron chi connectivity index (χ2n) is 3.72. The van der Waals surface area contributed by atoms with Crippen molar-refractivity contribution in [2.45, 2.75) is 6.92 Å². The van der Waals surface area contributed by atoms with Gasteiger partial charge in [-0.2, -0.15) is 0 Å². The minimum Gasteiger partial charge on any atom is -0.384 e. The molecule has 1 aromatic heterocycles. The Morgan fingerprint density at radius 2 is 2.41 bits per heavy atom. The van der Waals surface area contributed by atoms with E-state index in [1.54, 1.807) is 7.11 Å². The lowest BCUT2D eigenvalue weighted by Crippen LogP contribution is -2.17. The SMILES string of the molecule is COCC(C)CNc1ncc(Br)cc1[N+](=O)[O-]. The average molecular weight is 304 g/mol. The molecule has 0 aliphatic heterocycles. The number of pyridine rings is 1. The number of hydrogen-bond donors (Lipinski definition) is 1. The molecule has 17 heavy (non-hydrogen) atoms. The summed E-state index contributed by atoms with van der Waals surface area (Å²) in [5, 5.41) is 13.8. The summed E-state index contributed by atoms with van der Waals surface area (Å²) in [5.74, 6) is 0.534. The molecule has 94 valence electrons. The van der Waals surface area contributed by atoms with Crippen molar-refractivity contribution in [3.63, 3.8) is 0 Å². The summed E-state index contributed by atoms with van der Waals surface area (Å²) in [7, 11) is 1.62. The van der Waals surface area contributed by atoms with Gasteiger partial charge in [0.2, 0.25) is 5.82 Å². The Balaban J connectivity index is 2.73. The summed E-state index contributed by atoms with van der Waals surface area (Å²) in [4.78, 5) is 14.4. The molecule has 1 atom stereocenters. The molecular weight excluding hydrogens is 290 g/mol. The normalized spacial score (nSPS) is 12.2. The first kappa shape index (κ1) is 13.9. The van der Waals surface area contributed by atoms with E-state index in [0.717, 1.165) is 0 Å². The van der Waals surface area contributed by atoms with Crippen molar-refractivity contribution in [3.8, 4) is 0 Å². The third-order valence-corrected chi connectivity index (χ3v) is 2.53. The standard InChI is InChI=1S/C10H14BrN3O3/c1-7(6-17-2)4-12-10-9(14(15)16)3-8(11)5-13-10/h3,5,7H,4,6H2,1-2H3,(H,12,13). The van der Waals surface area contributed by atoms with Crippen molar-refractivity contribution in [3.05, 3.63) is 26.9 Å². The molecule has 0 aliphatic rings. The molecule has 0 saturated carbocycles. The molecule has 1 unspecified atom stereocenters. The summed E-state index contributed by atoms with van der Waals surface area (Å²) < 4.78 is 5.57. The maximum Gasteiger partial charge on any atom is 0.312 e. The molecular formula is C10H14BrN3O3. The van der Waals surface area contributed by atoms with Crippen molar-refractivity contribution in [2.75, 3.05) is 25.6 Å². The summed E-state index contributed by atoms with van der Waals surface area (Å²) in [5.41, 5.74) is -0.0380. The van der Waals surface area contributed by atoms with Crippen LogP contribution in [-0.2, 0) is 4.74 Å². The van der Waals surface area contributed by atoms with Crippen molar-refractivity contribution in [1.29, 1.82) is 0 Å². The minimum atomic E-state index is -0.457. The summed E-state index contributed by atoms with van der Waals surface area (Å²) >= 11 is 3.15. The molecule has 0 aliphatic carbocycles. The second kappa shape index (κ2) is 6.51. The number of nitrogens with one attached hydrogen (secondary N) is 1. The highest BCUT2D eigenvalue weighted by atomic mass is 79.9. The Kier molecular flexibility index (Phi) is 5.30. The van der Waals surface area contributed by atoms with E-state index in [1.165, 1.54) is 12.3 Å². The Bertz CT molecular complexity index is 400. The molecule has 6 nitrogen and oxygen atoms in total. The van der Waals surface area contributed by atoms with E-state index >= 15 is 0 Å². The number of aromatic nitrogens is 1. The number of rotatable bonds is 6. The van der Waals surface area contributed by atoms with Crippen LogP contribution in [0.15, 0.2) is 16.7 Å². The largest absolute Gasteiger partial charge is 0.384 e. The molecule has 0 spiro atoms. The molecule has 0 amide bonds. The lowest BCUT2D eigenvalue weighted by molar-refractivity contribution is -0.384. The fourth-order valence-electron chi connectivity index (χ4n) is 1.32. The first-order valence-electron chi connectivity index (χ1n) is 5.07. The van der Waals surface area contributed by atoms with E-state index in [-0.39, 0.29) is 17.4 Å². The molecule has 1 rings (SSSR count). The van der Waals surface area contributed by atoms with Gasteiger partial charge in [-0.3, -0.25) is 10.1 Å². The van der Waals surface area contributed by atoms with Crippen LogP contribution in [0, 0.1) is 16.0 Å². The fourth-order valence-corrected chi connectivity index (χ4v) is 1.64. The predicted octanol–water partition coefficient (Wildman–Crippen LogP) is 2.45. The van der Waals surface area contributed by atoms with E-state index in [0.29, 0.717) is 17.6 Å². The van der Waals surface area contributed by atoms with E-state index in [1.807, 2.05) is 6.92 Å². The zero-order chi connectivity index (χ0) is 12.8. The van der Waals surface area contributed by atoms with Crippen LogP contribution >= 0.6 is 15.9 Å². The van der Waals surface area contributed by atoms with Crippen LogP contribution in [-0.4, -0.2) is 30.2 Å². The summed E-state index contributed by atoms with van der Waals surface area (Å²) in [6.45, 7) is 3.15. The Morgan fingerprint density at radius 3 is 3.00 bits per heavy atom. The van der Waals surface area contributed by atoms with E-state index in [9.17, 15) is 10.1 Å². The van der Waals surface area contributed by atoms with Crippen molar-refractivity contribution >= 4 is 27.4 Å². The molecule has 1 aromatic rings. The van der Waals surface area contributed by atoms with Crippen LogP contribution in [0.25, 0.3) is 0 Å². The first-order chi connectivity index (χ1) is 8.04. The van der Waals surface area contributed by atoms with Gasteiger partial charge in [-0.15, -0.1) is 0 Å². The van der Waals surface area contributed by atoms with Crippen LogP contribution in [0.1, 0.15) is 6.92 Å². The van der Waals surface area contributed by atoms with Crippen molar-refractivity contribution in [2.24, 2.45) is 5.92 Å². The highest BCUT2D eigenvalue weighted by Crippen LogP contribution is 2.25. The Morgan fingerprint density at radius 1 is 1.71 bits per heavy atom. The predicted molar refractivity (Wildman–Crippen MR) is 68.1 cm³/mol. The number of nitrogens with zero attached hydrogens (tertiary/aromatic N) is 2. The molecule has 0 saturated heterocycles. The molecule has 0 fully saturated rings. The number of methoxy groups -OCH3 is 1. The highest BCUT2D eigenvalue weighted by molar-refractivity contribution is 9.10. The van der Waals surface area contributed by atoms with Crippen LogP contribution in [0.3, 0.4) is 0 Å². The van der Waals surface area contributed by atoms with Gasteiger partial charge in [0.1, 0.15) is 0 Å². The zero-order valence-electron chi connectivity index (χ0n) is 9.64. The minimum absolute atomic E-state index is 0.0380. The monoisotopic (exact) mass is 303 g/mol. The molecule has 0 aromatic carbocycles. The van der Waals surface area contributed by atoms with Crippen LogP contribution < -0.4 is 5.32 Å². The second-order valence-corrected chi connectivity index (χ2v) is 4.64. The molecule has 0 radical (unpaired) electrons. The number of ether oxygens (including phenoxy) is 1. The molecule has 1 heterocycles. The first-order valence-corrected chi connectivity index (χ1v) is 5.86. The van der Waals surface area contributed by atoms with E-state index in [4.69, 9.17) is 4.74 Å². The smallest absolute Gasteiger partial charge is 0.312 e. The third kappa shape index (κ3) is 4.27. The fraction of sp³-hybridized carbons (Fsp3) is 0.500. The van der Waals surface area contributed by atoms with Gasteiger partial charge in [-0.05, 0) is 21.8 Å². The lowest BCUT2D eigenvalue weighted by atomic mass is 10.2. The van der Waals surface area contributed by atoms with Gasteiger partial charge in [-0.25, -0.2) is 4.98 Å². The number of nitro groups is 1. The lowest BCUT2D eigenvalue weighted by Gasteiger charge is -2.11. The molecule has 0 bridgehead atoms. The van der Waals surface area contributed by atoms with Gasteiger partial charge in [-0.1, -0.05) is 6.92 Å². The van der Waals surface area contributed by atoms with Crippen LogP contribution in [0.2, 0.25) is 0 Å². The van der Waals surface area contributed by atoms with E-state index in [2.05, 4.69) is 26.2 Å².